The van der Waals surface area contributed by atoms with Gasteiger partial charge in [-0.25, -0.2) is 0 Å². The molecule has 1 heterocycles. The standard InChI is InChI=1S/C15H18BrNO4/c1-10-7-13(16)8-12(9-18)14(10)21-11(2)15(19)17-3-5-20-6-4-17/h7-9,11H,3-6H2,1-2H3. The second-order valence-corrected chi connectivity index (χ2v) is 5.87. The van der Waals surface area contributed by atoms with E-state index >= 15 is 0 Å². The van der Waals surface area contributed by atoms with Crippen LogP contribution in [0.1, 0.15) is 22.8 Å². The van der Waals surface area contributed by atoms with Crippen LogP contribution in [0.3, 0.4) is 0 Å². The van der Waals surface area contributed by atoms with Crippen LogP contribution >= 0.6 is 15.9 Å². The molecule has 0 spiro atoms. The van der Waals surface area contributed by atoms with Crippen LogP contribution in [0.25, 0.3) is 0 Å². The monoisotopic (exact) mass is 355 g/mol. The SMILES string of the molecule is Cc1cc(Br)cc(C=O)c1OC(C)C(=O)N1CCOCC1. The summed E-state index contributed by atoms with van der Waals surface area (Å²) in [5.41, 5.74) is 1.25. The quantitative estimate of drug-likeness (QED) is 0.777. The molecule has 1 amide bonds. The Balaban J connectivity index is 2.13. The molecule has 21 heavy (non-hydrogen) atoms. The van der Waals surface area contributed by atoms with Gasteiger partial charge in [0.05, 0.1) is 18.8 Å². The third kappa shape index (κ3) is 3.83. The van der Waals surface area contributed by atoms with Gasteiger partial charge in [-0.2, -0.15) is 0 Å². The third-order valence-electron chi connectivity index (χ3n) is 3.36. The smallest absolute Gasteiger partial charge is 0.263 e. The van der Waals surface area contributed by atoms with Gasteiger partial charge in [-0.15, -0.1) is 0 Å². The summed E-state index contributed by atoms with van der Waals surface area (Å²) in [4.78, 5) is 25.2. The minimum Gasteiger partial charge on any atom is -0.480 e. The second kappa shape index (κ2) is 7.04. The molecule has 0 bridgehead atoms. The van der Waals surface area contributed by atoms with Gasteiger partial charge in [-0.3, -0.25) is 9.59 Å². The fourth-order valence-corrected chi connectivity index (χ4v) is 2.86. The first-order valence-corrected chi connectivity index (χ1v) is 7.60. The van der Waals surface area contributed by atoms with E-state index in [0.717, 1.165) is 16.3 Å². The molecule has 0 N–H and O–H groups in total. The first kappa shape index (κ1) is 16.0. The first-order chi connectivity index (χ1) is 10.0. The molecular formula is C15H18BrNO4. The van der Waals surface area contributed by atoms with Crippen molar-refractivity contribution in [2.75, 3.05) is 26.3 Å². The Morgan fingerprint density at radius 1 is 1.43 bits per heavy atom. The molecule has 0 aliphatic carbocycles. The molecule has 0 radical (unpaired) electrons. The molecule has 1 aliphatic rings. The van der Waals surface area contributed by atoms with Crippen molar-refractivity contribution in [3.63, 3.8) is 0 Å². The summed E-state index contributed by atoms with van der Waals surface area (Å²) in [7, 11) is 0. The van der Waals surface area contributed by atoms with Gasteiger partial charge in [0.25, 0.3) is 5.91 Å². The topological polar surface area (TPSA) is 55.8 Å². The van der Waals surface area contributed by atoms with Crippen molar-refractivity contribution in [3.8, 4) is 5.75 Å². The van der Waals surface area contributed by atoms with Crippen molar-refractivity contribution in [2.45, 2.75) is 20.0 Å². The Morgan fingerprint density at radius 2 is 2.10 bits per heavy atom. The van der Waals surface area contributed by atoms with E-state index in [-0.39, 0.29) is 5.91 Å². The zero-order valence-corrected chi connectivity index (χ0v) is 13.7. The zero-order chi connectivity index (χ0) is 15.4. The summed E-state index contributed by atoms with van der Waals surface area (Å²) in [6.07, 6.45) is 0.0978. The highest BCUT2D eigenvalue weighted by atomic mass is 79.9. The molecule has 1 atom stereocenters. The van der Waals surface area contributed by atoms with Crippen molar-refractivity contribution in [1.29, 1.82) is 0 Å². The van der Waals surface area contributed by atoms with Crippen LogP contribution in [0, 0.1) is 6.92 Å². The minimum atomic E-state index is -0.637. The van der Waals surface area contributed by atoms with E-state index in [2.05, 4.69) is 15.9 Å². The van der Waals surface area contributed by atoms with Crippen LogP contribution in [-0.4, -0.2) is 49.5 Å². The number of aldehydes is 1. The molecule has 5 nitrogen and oxygen atoms in total. The molecular weight excluding hydrogens is 338 g/mol. The highest BCUT2D eigenvalue weighted by Crippen LogP contribution is 2.28. The van der Waals surface area contributed by atoms with Crippen LogP contribution in [0.2, 0.25) is 0 Å². The van der Waals surface area contributed by atoms with Crippen molar-refractivity contribution in [2.24, 2.45) is 0 Å². The summed E-state index contributed by atoms with van der Waals surface area (Å²) < 4.78 is 11.8. The van der Waals surface area contributed by atoms with Crippen molar-refractivity contribution in [3.05, 3.63) is 27.7 Å². The van der Waals surface area contributed by atoms with Crippen molar-refractivity contribution >= 4 is 28.1 Å². The summed E-state index contributed by atoms with van der Waals surface area (Å²) in [5.74, 6) is 0.375. The molecule has 0 saturated carbocycles. The van der Waals surface area contributed by atoms with Crippen LogP contribution < -0.4 is 4.74 Å². The molecule has 1 aliphatic heterocycles. The second-order valence-electron chi connectivity index (χ2n) is 4.96. The van der Waals surface area contributed by atoms with Gasteiger partial charge in [-0.1, -0.05) is 15.9 Å². The minimum absolute atomic E-state index is 0.0857. The molecule has 6 heteroatoms. The summed E-state index contributed by atoms with van der Waals surface area (Å²) in [6.45, 7) is 5.80. The molecule has 1 fully saturated rings. The lowest BCUT2D eigenvalue weighted by atomic mass is 10.1. The lowest BCUT2D eigenvalue weighted by Gasteiger charge is -2.29. The number of carbonyl (C=O) groups excluding carboxylic acids is 2. The number of amides is 1. The maximum Gasteiger partial charge on any atom is 0.263 e. The van der Waals surface area contributed by atoms with Gasteiger partial charge < -0.3 is 14.4 Å². The Morgan fingerprint density at radius 3 is 2.71 bits per heavy atom. The van der Waals surface area contributed by atoms with Crippen LogP contribution in [0.4, 0.5) is 0 Å². The number of rotatable bonds is 4. The third-order valence-corrected chi connectivity index (χ3v) is 3.82. The molecule has 2 rings (SSSR count). The number of morpholine rings is 1. The summed E-state index contributed by atoms with van der Waals surface area (Å²) >= 11 is 3.34. The Labute approximate surface area is 132 Å². The first-order valence-electron chi connectivity index (χ1n) is 6.81. The number of benzene rings is 1. The van der Waals surface area contributed by atoms with Crippen molar-refractivity contribution < 1.29 is 19.1 Å². The average molecular weight is 356 g/mol. The van der Waals surface area contributed by atoms with E-state index < -0.39 is 6.10 Å². The Kier molecular flexibility index (Phi) is 5.36. The number of hydrogen-bond donors (Lipinski definition) is 0. The van der Waals surface area contributed by atoms with Gasteiger partial charge in [0.15, 0.2) is 12.4 Å². The molecule has 1 saturated heterocycles. The van der Waals surface area contributed by atoms with Crippen molar-refractivity contribution in [1.82, 2.24) is 4.90 Å². The fraction of sp³-hybridized carbons (Fsp3) is 0.467. The number of nitrogens with zero attached hydrogens (tertiary/aromatic N) is 1. The maximum absolute atomic E-state index is 12.3. The van der Waals surface area contributed by atoms with Gasteiger partial charge in [0.1, 0.15) is 5.75 Å². The fourth-order valence-electron chi connectivity index (χ4n) is 2.27. The lowest BCUT2D eigenvalue weighted by Crippen LogP contribution is -2.46. The Bertz CT molecular complexity index is 541. The number of halogens is 1. The Hall–Kier alpha value is -1.40. The van der Waals surface area contributed by atoms with E-state index in [4.69, 9.17) is 9.47 Å². The number of aryl methyl sites for hydroxylation is 1. The average Bonchev–Trinajstić information content (AvgIpc) is 2.49. The normalized spacial score (nSPS) is 16.4. The van der Waals surface area contributed by atoms with Crippen LogP contribution in [0.15, 0.2) is 16.6 Å². The van der Waals surface area contributed by atoms with Gasteiger partial charge in [-0.05, 0) is 31.5 Å². The van der Waals surface area contributed by atoms with E-state index in [1.54, 1.807) is 17.9 Å². The van der Waals surface area contributed by atoms with Crippen LogP contribution in [0.5, 0.6) is 5.75 Å². The summed E-state index contributed by atoms with van der Waals surface area (Å²) in [6, 6.07) is 3.54. The van der Waals surface area contributed by atoms with E-state index in [9.17, 15) is 9.59 Å². The predicted octanol–water partition coefficient (Wildman–Crippen LogP) is 2.20. The largest absolute Gasteiger partial charge is 0.480 e. The van der Waals surface area contributed by atoms with Gasteiger partial charge in [0, 0.05) is 17.6 Å². The van der Waals surface area contributed by atoms with Crippen LogP contribution in [-0.2, 0) is 9.53 Å². The zero-order valence-electron chi connectivity index (χ0n) is 12.1. The van der Waals surface area contributed by atoms with Gasteiger partial charge in [0.2, 0.25) is 0 Å². The van der Waals surface area contributed by atoms with Gasteiger partial charge >= 0.3 is 0 Å². The number of ether oxygens (including phenoxy) is 2. The highest BCUT2D eigenvalue weighted by Gasteiger charge is 2.25. The molecule has 0 aromatic heterocycles. The van der Waals surface area contributed by atoms with E-state index in [0.29, 0.717) is 37.6 Å². The number of carbonyl (C=O) groups is 2. The van der Waals surface area contributed by atoms with E-state index in [1.807, 2.05) is 13.0 Å². The highest BCUT2D eigenvalue weighted by molar-refractivity contribution is 9.10. The molecule has 1 unspecified atom stereocenters. The lowest BCUT2D eigenvalue weighted by molar-refractivity contribution is -0.142. The summed E-state index contributed by atoms with van der Waals surface area (Å²) in [5, 5.41) is 0. The molecule has 114 valence electrons. The number of hydrogen-bond acceptors (Lipinski definition) is 4. The van der Waals surface area contributed by atoms with E-state index in [1.165, 1.54) is 0 Å². The molecule has 1 aromatic rings. The maximum atomic E-state index is 12.3. The predicted molar refractivity (Wildman–Crippen MR) is 81.8 cm³/mol. The molecule has 1 aromatic carbocycles.